The Labute approximate surface area is 183 Å². The number of ketones is 2. The molecule has 6 fully saturated rings. The summed E-state index contributed by atoms with van der Waals surface area (Å²) in [5.41, 5.74) is -1.73. The lowest BCUT2D eigenvalue weighted by atomic mass is 9.73. The first-order valence-electron chi connectivity index (χ1n) is 11.3. The number of methoxy groups -OCH3 is 2. The standard InChI is InChI=1S/C22H35N3O6/c1-23(12-21(13-29-2)18(26)16-4-8-24(21)9-5-16)20(28)31-15-22(14-30-3)19(27)17-6-10-25(22)11-7-17/h16-17H,4-15H2,1-3H3/t21-,22+/m1/s1. The van der Waals surface area contributed by atoms with E-state index in [9.17, 15) is 14.4 Å². The maximum absolute atomic E-state index is 13.2. The van der Waals surface area contributed by atoms with Gasteiger partial charge in [0.25, 0.3) is 0 Å². The molecule has 0 radical (unpaired) electrons. The Balaban J connectivity index is 1.44. The second-order valence-electron chi connectivity index (χ2n) is 9.59. The van der Waals surface area contributed by atoms with Crippen LogP contribution >= 0.6 is 0 Å². The van der Waals surface area contributed by atoms with Crippen LogP contribution in [0.15, 0.2) is 0 Å². The highest BCUT2D eigenvalue weighted by atomic mass is 16.6. The molecule has 0 spiro atoms. The van der Waals surface area contributed by atoms with E-state index in [2.05, 4.69) is 9.80 Å². The van der Waals surface area contributed by atoms with Crippen molar-refractivity contribution in [1.29, 1.82) is 0 Å². The van der Waals surface area contributed by atoms with E-state index in [1.54, 1.807) is 21.3 Å². The average Bonchev–Trinajstić information content (AvgIpc) is 2.79. The quantitative estimate of drug-likeness (QED) is 0.540. The number of amides is 1. The summed E-state index contributed by atoms with van der Waals surface area (Å²) in [5.74, 6) is 0.333. The molecule has 6 aliphatic heterocycles. The summed E-state index contributed by atoms with van der Waals surface area (Å²) in [4.78, 5) is 44.9. The monoisotopic (exact) mass is 437 g/mol. The smallest absolute Gasteiger partial charge is 0.409 e. The van der Waals surface area contributed by atoms with Crippen LogP contribution in [0.1, 0.15) is 25.7 Å². The van der Waals surface area contributed by atoms with Gasteiger partial charge in [0.2, 0.25) is 0 Å². The van der Waals surface area contributed by atoms with Gasteiger partial charge in [-0.25, -0.2) is 4.79 Å². The molecular formula is C22H35N3O6. The molecule has 4 bridgehead atoms. The largest absolute Gasteiger partial charge is 0.447 e. The van der Waals surface area contributed by atoms with E-state index in [1.807, 2.05) is 0 Å². The third kappa shape index (κ3) is 3.69. The Morgan fingerprint density at radius 1 is 0.871 bits per heavy atom. The minimum Gasteiger partial charge on any atom is -0.447 e. The molecule has 0 aliphatic carbocycles. The summed E-state index contributed by atoms with van der Waals surface area (Å²) in [6.45, 7) is 3.95. The lowest BCUT2D eigenvalue weighted by Gasteiger charge is -2.53. The second-order valence-corrected chi connectivity index (χ2v) is 9.59. The van der Waals surface area contributed by atoms with Gasteiger partial charge in [-0.1, -0.05) is 0 Å². The van der Waals surface area contributed by atoms with Crippen molar-refractivity contribution in [2.75, 3.05) is 73.8 Å². The molecule has 0 aromatic carbocycles. The van der Waals surface area contributed by atoms with Gasteiger partial charge in [0, 0.05) is 46.2 Å². The molecule has 1 amide bonds. The number of rotatable bonds is 8. The molecule has 174 valence electrons. The van der Waals surface area contributed by atoms with Crippen molar-refractivity contribution in [1.82, 2.24) is 14.7 Å². The van der Waals surface area contributed by atoms with Gasteiger partial charge in [-0.15, -0.1) is 0 Å². The second kappa shape index (κ2) is 8.77. The first kappa shape index (κ1) is 22.6. The van der Waals surface area contributed by atoms with Crippen LogP contribution in [0.3, 0.4) is 0 Å². The van der Waals surface area contributed by atoms with Crippen LogP contribution in [-0.4, -0.2) is 117 Å². The van der Waals surface area contributed by atoms with Gasteiger partial charge in [0.1, 0.15) is 17.7 Å². The zero-order chi connectivity index (χ0) is 22.2. The van der Waals surface area contributed by atoms with Crippen molar-refractivity contribution in [2.45, 2.75) is 36.8 Å². The van der Waals surface area contributed by atoms with Gasteiger partial charge in [-0.2, -0.15) is 0 Å². The minimum absolute atomic E-state index is 0.0183. The molecule has 0 aromatic heterocycles. The van der Waals surface area contributed by atoms with Crippen LogP contribution in [0.5, 0.6) is 0 Å². The number of carbonyl (C=O) groups is 3. The fourth-order valence-electron chi connectivity index (χ4n) is 6.19. The van der Waals surface area contributed by atoms with Crippen molar-refractivity contribution in [3.05, 3.63) is 0 Å². The SMILES string of the molecule is COC[C@]1(COC(=O)N(C)C[C@@]2(COC)C(=O)C3CCN2CC3)C(=O)C2CCN1CC2. The zero-order valence-electron chi connectivity index (χ0n) is 18.9. The van der Waals surface area contributed by atoms with Gasteiger partial charge < -0.3 is 19.1 Å². The molecule has 0 saturated carbocycles. The van der Waals surface area contributed by atoms with E-state index in [0.29, 0.717) is 0 Å². The molecule has 2 atom stereocenters. The maximum atomic E-state index is 13.2. The lowest BCUT2D eigenvalue weighted by Crippen LogP contribution is -2.71. The molecule has 6 saturated heterocycles. The van der Waals surface area contributed by atoms with Crippen molar-refractivity contribution >= 4 is 17.7 Å². The highest BCUT2D eigenvalue weighted by Crippen LogP contribution is 2.38. The van der Waals surface area contributed by atoms with Crippen LogP contribution in [0.2, 0.25) is 0 Å². The number of hydrogen-bond acceptors (Lipinski definition) is 8. The van der Waals surface area contributed by atoms with Crippen LogP contribution in [-0.2, 0) is 23.8 Å². The summed E-state index contributed by atoms with van der Waals surface area (Å²) < 4.78 is 16.5. The summed E-state index contributed by atoms with van der Waals surface area (Å²) in [6.07, 6.45) is 2.93. The predicted molar refractivity (Wildman–Crippen MR) is 112 cm³/mol. The topological polar surface area (TPSA) is 88.6 Å². The third-order valence-corrected chi connectivity index (χ3v) is 7.87. The third-order valence-electron chi connectivity index (χ3n) is 7.87. The number of ether oxygens (including phenoxy) is 3. The van der Waals surface area contributed by atoms with Gasteiger partial charge in [-0.3, -0.25) is 19.4 Å². The minimum atomic E-state index is -0.903. The van der Waals surface area contributed by atoms with Gasteiger partial charge in [0.05, 0.1) is 19.8 Å². The number of hydrogen-bond donors (Lipinski definition) is 0. The number of likely N-dealkylation sites (N-methyl/N-ethyl adjacent to an activating group) is 1. The van der Waals surface area contributed by atoms with Gasteiger partial charge >= 0.3 is 6.09 Å². The van der Waals surface area contributed by atoms with Crippen molar-refractivity contribution < 1.29 is 28.6 Å². The molecule has 6 heterocycles. The van der Waals surface area contributed by atoms with E-state index in [1.165, 1.54) is 4.90 Å². The number of piperidine rings is 6. The fourth-order valence-corrected chi connectivity index (χ4v) is 6.19. The van der Waals surface area contributed by atoms with Crippen molar-refractivity contribution in [3.63, 3.8) is 0 Å². The highest BCUT2D eigenvalue weighted by molar-refractivity contribution is 5.93. The van der Waals surface area contributed by atoms with Crippen LogP contribution in [0.4, 0.5) is 4.79 Å². The number of fused-ring (bicyclic) bond motifs is 6. The number of nitrogens with zero attached hydrogens (tertiary/aromatic N) is 3. The molecule has 9 nitrogen and oxygen atoms in total. The van der Waals surface area contributed by atoms with Gasteiger partial charge in [0.15, 0.2) is 11.6 Å². The lowest BCUT2D eigenvalue weighted by molar-refractivity contribution is -0.159. The van der Waals surface area contributed by atoms with Gasteiger partial charge in [-0.05, 0) is 38.8 Å². The molecule has 9 heteroatoms. The zero-order valence-corrected chi connectivity index (χ0v) is 18.9. The van der Waals surface area contributed by atoms with Crippen LogP contribution in [0, 0.1) is 11.8 Å². The molecule has 0 N–H and O–H groups in total. The summed E-state index contributed by atoms with van der Waals surface area (Å²) in [6, 6.07) is 0. The van der Waals surface area contributed by atoms with E-state index in [-0.39, 0.29) is 49.8 Å². The van der Waals surface area contributed by atoms with E-state index in [4.69, 9.17) is 14.2 Å². The molecule has 31 heavy (non-hydrogen) atoms. The Bertz CT molecular complexity index is 716. The maximum Gasteiger partial charge on any atom is 0.409 e. The van der Waals surface area contributed by atoms with Crippen molar-refractivity contribution in [2.24, 2.45) is 11.8 Å². The Hall–Kier alpha value is -1.55. The Morgan fingerprint density at radius 2 is 1.32 bits per heavy atom. The molecule has 6 rings (SSSR count). The van der Waals surface area contributed by atoms with E-state index < -0.39 is 17.2 Å². The van der Waals surface area contributed by atoms with E-state index >= 15 is 0 Å². The molecular weight excluding hydrogens is 402 g/mol. The predicted octanol–water partition coefficient (Wildman–Crippen LogP) is 0.415. The highest BCUT2D eigenvalue weighted by Gasteiger charge is 2.55. The number of Topliss-reactive ketones (excluding diaryl/α,β-unsaturated/α-hetero) is 2. The summed E-state index contributed by atoms with van der Waals surface area (Å²) in [7, 11) is 4.80. The summed E-state index contributed by atoms with van der Waals surface area (Å²) >= 11 is 0. The van der Waals surface area contributed by atoms with E-state index in [0.717, 1.165) is 51.9 Å². The molecule has 6 aliphatic rings. The fraction of sp³-hybridized carbons (Fsp3) is 0.864. The molecule has 0 unspecified atom stereocenters. The van der Waals surface area contributed by atoms with Crippen molar-refractivity contribution in [3.8, 4) is 0 Å². The van der Waals surface area contributed by atoms with Crippen LogP contribution < -0.4 is 0 Å². The Kier molecular flexibility index (Phi) is 6.40. The van der Waals surface area contributed by atoms with Crippen LogP contribution in [0.25, 0.3) is 0 Å². The first-order valence-corrected chi connectivity index (χ1v) is 11.3. The normalized spacial score (nSPS) is 39.1. The average molecular weight is 438 g/mol. The number of carbonyl (C=O) groups excluding carboxylic acids is 3. The summed E-state index contributed by atoms with van der Waals surface area (Å²) in [5, 5.41) is 0. The first-order chi connectivity index (χ1) is 14.9. The molecule has 0 aromatic rings. The Morgan fingerprint density at radius 3 is 1.77 bits per heavy atom.